The fourth-order valence-electron chi connectivity index (χ4n) is 4.13. The van der Waals surface area contributed by atoms with Gasteiger partial charge in [-0.3, -0.25) is 0 Å². The molecule has 1 spiro atoms. The normalized spacial score (nSPS) is 19.2. The number of rotatable bonds is 3. The van der Waals surface area contributed by atoms with Gasteiger partial charge in [-0.05, 0) is 48.9 Å². The highest BCUT2D eigenvalue weighted by Crippen LogP contribution is 2.54. The van der Waals surface area contributed by atoms with Gasteiger partial charge in [0, 0.05) is 11.1 Å². The van der Waals surface area contributed by atoms with E-state index in [0.29, 0.717) is 5.76 Å². The summed E-state index contributed by atoms with van der Waals surface area (Å²) in [5.74, 6) is 0.684. The Morgan fingerprint density at radius 1 is 0.923 bits per heavy atom. The molecule has 0 bridgehead atoms. The molecule has 0 unspecified atom stereocenters. The lowest BCUT2D eigenvalue weighted by Gasteiger charge is -2.27. The lowest BCUT2D eigenvalue weighted by Crippen LogP contribution is -2.26. The van der Waals surface area contributed by atoms with E-state index in [2.05, 4.69) is 18.7 Å². The number of nitrogens with two attached hydrogens (primary N) is 1. The van der Waals surface area contributed by atoms with Gasteiger partial charge in [-0.25, -0.2) is 13.6 Å². The van der Waals surface area contributed by atoms with Gasteiger partial charge >= 0.3 is 0 Å². The summed E-state index contributed by atoms with van der Waals surface area (Å²) < 4.78 is 29.5. The Labute approximate surface area is 154 Å². The second kappa shape index (κ2) is 6.11. The van der Waals surface area contributed by atoms with Crippen LogP contribution in [0.3, 0.4) is 0 Å². The predicted octanol–water partition coefficient (Wildman–Crippen LogP) is 4.10. The van der Waals surface area contributed by atoms with Crippen molar-refractivity contribution < 1.29 is 13.2 Å². The lowest BCUT2D eigenvalue weighted by molar-refractivity contribution is 0.0834. The van der Waals surface area contributed by atoms with Gasteiger partial charge < -0.3 is 4.74 Å². The van der Waals surface area contributed by atoms with Gasteiger partial charge in [0.15, 0.2) is 0 Å². The third kappa shape index (κ3) is 2.77. The molecule has 4 rings (SSSR count). The minimum atomic E-state index is -3.71. The van der Waals surface area contributed by atoms with Crippen molar-refractivity contribution in [3.63, 3.8) is 0 Å². The molecule has 2 N–H and O–H groups in total. The maximum atomic E-state index is 11.6. The molecule has 2 aromatic rings. The number of hydrogen-bond donors (Lipinski definition) is 1. The maximum Gasteiger partial charge on any atom is 0.238 e. The minimum absolute atomic E-state index is 0.112. The molecule has 1 saturated carbocycles. The first-order valence-corrected chi connectivity index (χ1v) is 10.3. The molecule has 0 saturated heterocycles. The van der Waals surface area contributed by atoms with Gasteiger partial charge in [0.1, 0.15) is 11.4 Å². The fraction of sp³-hybridized carbons (Fsp3) is 0.238. The second-order valence-corrected chi connectivity index (χ2v) is 8.47. The first-order valence-electron chi connectivity index (χ1n) is 8.72. The van der Waals surface area contributed by atoms with E-state index in [-0.39, 0.29) is 10.5 Å². The van der Waals surface area contributed by atoms with E-state index in [9.17, 15) is 8.42 Å². The van der Waals surface area contributed by atoms with E-state index in [0.717, 1.165) is 48.0 Å². The average molecular weight is 367 g/mol. The fourth-order valence-corrected chi connectivity index (χ4v) is 4.65. The van der Waals surface area contributed by atoms with Crippen molar-refractivity contribution >= 4 is 21.2 Å². The maximum absolute atomic E-state index is 11.6. The SMILES string of the molecule is C=C1OC2(CCCC2)C(c2ccc(S(N)(=O)=O)cc2)=C1c1ccccc1. The Hall–Kier alpha value is -2.37. The molecule has 1 fully saturated rings. The van der Waals surface area contributed by atoms with Crippen molar-refractivity contribution in [3.05, 3.63) is 78.1 Å². The van der Waals surface area contributed by atoms with Crippen LogP contribution in [0.5, 0.6) is 0 Å². The molecular weight excluding hydrogens is 346 g/mol. The van der Waals surface area contributed by atoms with Crippen molar-refractivity contribution in [2.75, 3.05) is 0 Å². The Balaban J connectivity index is 1.92. The van der Waals surface area contributed by atoms with Crippen LogP contribution >= 0.6 is 0 Å². The zero-order chi connectivity index (χ0) is 18.4. The third-order valence-electron chi connectivity index (χ3n) is 5.25. The van der Waals surface area contributed by atoms with Crippen LogP contribution in [0.1, 0.15) is 36.8 Å². The van der Waals surface area contributed by atoms with Crippen molar-refractivity contribution in [2.24, 2.45) is 5.14 Å². The van der Waals surface area contributed by atoms with Crippen molar-refractivity contribution in [2.45, 2.75) is 36.2 Å². The minimum Gasteiger partial charge on any atom is -0.482 e. The zero-order valence-corrected chi connectivity index (χ0v) is 15.3. The molecule has 2 aliphatic rings. The summed E-state index contributed by atoms with van der Waals surface area (Å²) in [5, 5.41) is 5.24. The third-order valence-corrected chi connectivity index (χ3v) is 6.18. The van der Waals surface area contributed by atoms with Crippen LogP contribution in [0.4, 0.5) is 0 Å². The summed E-state index contributed by atoms with van der Waals surface area (Å²) in [7, 11) is -3.71. The van der Waals surface area contributed by atoms with Crippen LogP contribution in [-0.2, 0) is 14.8 Å². The largest absolute Gasteiger partial charge is 0.482 e. The first kappa shape index (κ1) is 17.1. The monoisotopic (exact) mass is 367 g/mol. The van der Waals surface area contributed by atoms with Crippen LogP contribution in [0.2, 0.25) is 0 Å². The molecule has 26 heavy (non-hydrogen) atoms. The molecule has 0 amide bonds. The van der Waals surface area contributed by atoms with Gasteiger partial charge in [-0.1, -0.05) is 49.0 Å². The van der Waals surface area contributed by atoms with Crippen LogP contribution < -0.4 is 5.14 Å². The highest BCUT2D eigenvalue weighted by Gasteiger charge is 2.47. The number of hydrogen-bond acceptors (Lipinski definition) is 3. The summed E-state index contributed by atoms with van der Waals surface area (Å²) >= 11 is 0. The second-order valence-electron chi connectivity index (χ2n) is 6.91. The van der Waals surface area contributed by atoms with E-state index in [1.807, 2.05) is 30.3 Å². The Kier molecular flexibility index (Phi) is 4.01. The number of primary sulfonamides is 1. The lowest BCUT2D eigenvalue weighted by atomic mass is 9.83. The van der Waals surface area contributed by atoms with Crippen molar-refractivity contribution in [1.82, 2.24) is 0 Å². The van der Waals surface area contributed by atoms with Gasteiger partial charge in [0.2, 0.25) is 10.0 Å². The van der Waals surface area contributed by atoms with Crippen molar-refractivity contribution in [1.29, 1.82) is 0 Å². The molecule has 1 heterocycles. The van der Waals surface area contributed by atoms with Crippen LogP contribution in [0.15, 0.2) is 71.8 Å². The van der Waals surface area contributed by atoms with Gasteiger partial charge in [0.25, 0.3) is 0 Å². The summed E-state index contributed by atoms with van der Waals surface area (Å²) in [4.78, 5) is 0.112. The summed E-state index contributed by atoms with van der Waals surface area (Å²) in [6.07, 6.45) is 4.09. The summed E-state index contributed by atoms with van der Waals surface area (Å²) in [6.45, 7) is 4.17. The molecule has 134 valence electrons. The van der Waals surface area contributed by atoms with Gasteiger partial charge in [-0.2, -0.15) is 0 Å². The van der Waals surface area contributed by atoms with Gasteiger partial charge in [0.05, 0.1) is 4.90 Å². The summed E-state index contributed by atoms with van der Waals surface area (Å²) in [5.41, 5.74) is 3.76. The highest BCUT2D eigenvalue weighted by molar-refractivity contribution is 7.89. The van der Waals surface area contributed by atoms with E-state index < -0.39 is 10.0 Å². The van der Waals surface area contributed by atoms with Crippen LogP contribution in [-0.4, -0.2) is 14.0 Å². The molecule has 1 aliphatic heterocycles. The highest BCUT2D eigenvalue weighted by atomic mass is 32.2. The smallest absolute Gasteiger partial charge is 0.238 e. The molecule has 0 aromatic heterocycles. The average Bonchev–Trinajstić information content (AvgIpc) is 3.19. The molecule has 4 nitrogen and oxygen atoms in total. The topological polar surface area (TPSA) is 69.4 Å². The number of allylic oxidation sites excluding steroid dienone is 1. The Morgan fingerprint density at radius 2 is 1.54 bits per heavy atom. The Morgan fingerprint density at radius 3 is 2.12 bits per heavy atom. The number of sulfonamides is 1. The van der Waals surface area contributed by atoms with E-state index in [1.54, 1.807) is 12.1 Å². The van der Waals surface area contributed by atoms with E-state index >= 15 is 0 Å². The summed E-state index contributed by atoms with van der Waals surface area (Å²) in [6, 6.07) is 16.8. The standard InChI is InChI=1S/C21H21NO3S/c1-15-19(16-7-3-2-4-8-16)20(21(25-15)13-5-6-14-21)17-9-11-18(12-10-17)26(22,23)24/h2-4,7-12H,1,5-6,13-14H2,(H2,22,23,24). The molecule has 0 atom stereocenters. The molecular formula is C21H21NO3S. The quantitative estimate of drug-likeness (QED) is 0.888. The van der Waals surface area contributed by atoms with Crippen molar-refractivity contribution in [3.8, 4) is 0 Å². The number of benzene rings is 2. The predicted molar refractivity (Wildman–Crippen MR) is 102 cm³/mol. The first-order chi connectivity index (χ1) is 12.4. The van der Waals surface area contributed by atoms with Crippen LogP contribution in [0, 0.1) is 0 Å². The molecule has 5 heteroatoms. The van der Waals surface area contributed by atoms with E-state index in [4.69, 9.17) is 9.88 Å². The number of ether oxygens (including phenoxy) is 1. The molecule has 0 radical (unpaired) electrons. The van der Waals surface area contributed by atoms with Gasteiger partial charge in [-0.15, -0.1) is 0 Å². The molecule has 2 aromatic carbocycles. The van der Waals surface area contributed by atoms with Crippen LogP contribution in [0.25, 0.3) is 11.1 Å². The molecule has 1 aliphatic carbocycles. The van der Waals surface area contributed by atoms with E-state index in [1.165, 1.54) is 0 Å². The Bertz CT molecular complexity index is 983. The zero-order valence-electron chi connectivity index (χ0n) is 14.4.